The Bertz CT molecular complexity index is 1250. The van der Waals surface area contributed by atoms with Crippen LogP contribution in [0.5, 0.6) is 0 Å². The highest BCUT2D eigenvalue weighted by atomic mass is 35.5. The van der Waals surface area contributed by atoms with Crippen molar-refractivity contribution in [3.63, 3.8) is 0 Å². The van der Waals surface area contributed by atoms with Gasteiger partial charge >= 0.3 is 0 Å². The summed E-state index contributed by atoms with van der Waals surface area (Å²) in [4.78, 5) is 17.0. The molecule has 160 valence electrons. The van der Waals surface area contributed by atoms with Gasteiger partial charge < -0.3 is 16.0 Å². The molecule has 0 bridgehead atoms. The first-order valence-electron chi connectivity index (χ1n) is 10.1. The molecule has 3 aromatic carbocycles. The number of nitrogens with one attached hydrogen (secondary N) is 3. The van der Waals surface area contributed by atoms with Crippen LogP contribution in [-0.2, 0) is 0 Å². The van der Waals surface area contributed by atoms with Gasteiger partial charge in [0.2, 0.25) is 0 Å². The van der Waals surface area contributed by atoms with E-state index >= 15 is 0 Å². The maximum Gasteiger partial charge on any atom is 0.274 e. The minimum atomic E-state index is -0.253. The standard InChI is InChI=1S/C25H21ClN4OS/c1-16(17-6-8-19(26)9-7-17)28-25(32)30-21-12-10-20(11-13-21)29-24(31)23-22-5-3-2-4-18(22)14-15-27-23/h2-16H,1H3,(H,29,31)(H2,28,30,32)/t16-/m0/s1. The van der Waals surface area contributed by atoms with Gasteiger partial charge in [-0.1, -0.05) is 48.0 Å². The fourth-order valence-corrected chi connectivity index (χ4v) is 3.75. The summed E-state index contributed by atoms with van der Waals surface area (Å²) in [6.07, 6.45) is 1.64. The van der Waals surface area contributed by atoms with Gasteiger partial charge in [0.1, 0.15) is 5.69 Å². The molecule has 0 aliphatic heterocycles. The van der Waals surface area contributed by atoms with Gasteiger partial charge in [-0.25, -0.2) is 0 Å². The summed E-state index contributed by atoms with van der Waals surface area (Å²) in [5.74, 6) is -0.253. The lowest BCUT2D eigenvalue weighted by atomic mass is 10.1. The smallest absolute Gasteiger partial charge is 0.274 e. The normalized spacial score (nSPS) is 11.6. The second kappa shape index (κ2) is 9.77. The number of fused-ring (bicyclic) bond motifs is 1. The second-order valence-corrected chi connectivity index (χ2v) is 8.13. The van der Waals surface area contributed by atoms with Crippen molar-refractivity contribution >= 4 is 57.0 Å². The highest BCUT2D eigenvalue weighted by Gasteiger charge is 2.12. The van der Waals surface area contributed by atoms with Crippen LogP contribution in [0.3, 0.4) is 0 Å². The second-order valence-electron chi connectivity index (χ2n) is 7.28. The SMILES string of the molecule is C[C@H](NC(=S)Nc1ccc(NC(=O)c2nccc3ccccc23)cc1)c1ccc(Cl)cc1. The van der Waals surface area contributed by atoms with E-state index in [1.807, 2.05) is 85.8 Å². The number of hydrogen-bond donors (Lipinski definition) is 3. The number of pyridine rings is 1. The molecule has 32 heavy (non-hydrogen) atoms. The number of rotatable bonds is 5. The summed E-state index contributed by atoms with van der Waals surface area (Å²) in [6, 6.07) is 24.6. The molecule has 0 unspecified atom stereocenters. The van der Waals surface area contributed by atoms with Crippen LogP contribution in [0.15, 0.2) is 85.1 Å². The summed E-state index contributed by atoms with van der Waals surface area (Å²) in [7, 11) is 0. The number of benzene rings is 3. The third-order valence-corrected chi connectivity index (χ3v) is 5.48. The van der Waals surface area contributed by atoms with E-state index in [-0.39, 0.29) is 11.9 Å². The van der Waals surface area contributed by atoms with Gasteiger partial charge in [-0.3, -0.25) is 9.78 Å². The van der Waals surface area contributed by atoms with Crippen LogP contribution in [-0.4, -0.2) is 16.0 Å². The average Bonchev–Trinajstić information content (AvgIpc) is 2.80. The summed E-state index contributed by atoms with van der Waals surface area (Å²) in [5, 5.41) is 12.3. The minimum absolute atomic E-state index is 0.0269. The fraction of sp³-hybridized carbons (Fsp3) is 0.0800. The number of thiocarbonyl (C=S) groups is 1. The first-order valence-corrected chi connectivity index (χ1v) is 10.9. The number of carbonyl (C=O) groups excluding carboxylic acids is 1. The molecule has 0 saturated carbocycles. The molecule has 1 heterocycles. The molecule has 0 aliphatic carbocycles. The Morgan fingerprint density at radius 3 is 2.28 bits per heavy atom. The Kier molecular flexibility index (Phi) is 6.63. The number of halogens is 1. The summed E-state index contributed by atoms with van der Waals surface area (Å²) in [5.41, 5.74) is 2.96. The van der Waals surface area contributed by atoms with Crippen LogP contribution in [0.1, 0.15) is 29.0 Å². The molecule has 1 atom stereocenters. The van der Waals surface area contributed by atoms with E-state index in [0.29, 0.717) is 21.5 Å². The highest BCUT2D eigenvalue weighted by Crippen LogP contribution is 2.20. The zero-order valence-electron chi connectivity index (χ0n) is 17.3. The van der Waals surface area contributed by atoms with Crippen LogP contribution in [0.25, 0.3) is 10.8 Å². The Morgan fingerprint density at radius 2 is 1.56 bits per heavy atom. The zero-order valence-corrected chi connectivity index (χ0v) is 18.9. The molecule has 0 fully saturated rings. The van der Waals surface area contributed by atoms with Crippen molar-refractivity contribution in [1.82, 2.24) is 10.3 Å². The summed E-state index contributed by atoms with van der Waals surface area (Å²) >= 11 is 11.4. The molecular weight excluding hydrogens is 440 g/mol. The van der Waals surface area contributed by atoms with E-state index in [9.17, 15) is 4.79 Å². The van der Waals surface area contributed by atoms with Gasteiger partial charge in [0.25, 0.3) is 5.91 Å². The predicted molar refractivity (Wildman–Crippen MR) is 135 cm³/mol. The molecule has 3 N–H and O–H groups in total. The average molecular weight is 461 g/mol. The number of hydrogen-bond acceptors (Lipinski definition) is 3. The fourth-order valence-electron chi connectivity index (χ4n) is 3.33. The van der Waals surface area contributed by atoms with Gasteiger partial charge in [-0.15, -0.1) is 0 Å². The monoisotopic (exact) mass is 460 g/mol. The molecule has 0 saturated heterocycles. The first kappa shape index (κ1) is 21.7. The van der Waals surface area contributed by atoms with E-state index in [2.05, 4.69) is 20.9 Å². The molecule has 1 aromatic heterocycles. The number of carbonyl (C=O) groups is 1. The molecule has 4 rings (SSSR count). The van der Waals surface area contributed by atoms with Crippen LogP contribution in [0, 0.1) is 0 Å². The quantitative estimate of drug-likeness (QED) is 0.310. The first-order chi connectivity index (χ1) is 15.5. The van der Waals surface area contributed by atoms with E-state index in [1.165, 1.54) is 0 Å². The van der Waals surface area contributed by atoms with Crippen molar-refractivity contribution in [3.8, 4) is 0 Å². The molecular formula is C25H21ClN4OS. The third-order valence-electron chi connectivity index (χ3n) is 5.01. The molecule has 7 heteroatoms. The third kappa shape index (κ3) is 5.22. The molecule has 0 spiro atoms. The van der Waals surface area contributed by atoms with E-state index in [4.69, 9.17) is 23.8 Å². The van der Waals surface area contributed by atoms with E-state index in [0.717, 1.165) is 22.0 Å². The number of aromatic nitrogens is 1. The predicted octanol–water partition coefficient (Wildman–Crippen LogP) is 6.19. The Hall–Kier alpha value is -3.48. The van der Waals surface area contributed by atoms with Gasteiger partial charge in [0.15, 0.2) is 5.11 Å². The van der Waals surface area contributed by atoms with Crippen molar-refractivity contribution in [1.29, 1.82) is 0 Å². The van der Waals surface area contributed by atoms with Gasteiger partial charge in [-0.05, 0) is 72.6 Å². The van der Waals surface area contributed by atoms with Crippen LogP contribution < -0.4 is 16.0 Å². The number of amides is 1. The lowest BCUT2D eigenvalue weighted by molar-refractivity contribution is 0.102. The Balaban J connectivity index is 1.37. The molecule has 1 amide bonds. The topological polar surface area (TPSA) is 66.0 Å². The van der Waals surface area contributed by atoms with Crippen LogP contribution >= 0.6 is 23.8 Å². The van der Waals surface area contributed by atoms with Crippen molar-refractivity contribution in [2.75, 3.05) is 10.6 Å². The zero-order chi connectivity index (χ0) is 22.5. The minimum Gasteiger partial charge on any atom is -0.356 e. The maximum atomic E-state index is 12.7. The summed E-state index contributed by atoms with van der Waals surface area (Å²) < 4.78 is 0. The largest absolute Gasteiger partial charge is 0.356 e. The lowest BCUT2D eigenvalue weighted by Gasteiger charge is -2.17. The number of nitrogens with zero attached hydrogens (tertiary/aromatic N) is 1. The van der Waals surface area contributed by atoms with Crippen LogP contribution in [0.2, 0.25) is 5.02 Å². The number of anilines is 2. The highest BCUT2D eigenvalue weighted by molar-refractivity contribution is 7.80. The molecule has 4 aromatic rings. The molecule has 5 nitrogen and oxygen atoms in total. The van der Waals surface area contributed by atoms with Crippen molar-refractivity contribution in [2.24, 2.45) is 0 Å². The molecule has 0 radical (unpaired) electrons. The van der Waals surface area contributed by atoms with E-state index < -0.39 is 0 Å². The van der Waals surface area contributed by atoms with Crippen molar-refractivity contribution < 1.29 is 4.79 Å². The van der Waals surface area contributed by atoms with Gasteiger partial charge in [0.05, 0.1) is 6.04 Å². The lowest BCUT2D eigenvalue weighted by Crippen LogP contribution is -2.30. The Morgan fingerprint density at radius 1 is 0.906 bits per heavy atom. The van der Waals surface area contributed by atoms with Crippen molar-refractivity contribution in [2.45, 2.75) is 13.0 Å². The van der Waals surface area contributed by atoms with Crippen molar-refractivity contribution in [3.05, 3.63) is 101 Å². The van der Waals surface area contributed by atoms with E-state index in [1.54, 1.807) is 6.20 Å². The Labute approximate surface area is 196 Å². The van der Waals surface area contributed by atoms with Crippen LogP contribution in [0.4, 0.5) is 11.4 Å². The maximum absolute atomic E-state index is 12.7. The van der Waals surface area contributed by atoms with Gasteiger partial charge in [0, 0.05) is 28.0 Å². The molecule has 0 aliphatic rings. The van der Waals surface area contributed by atoms with Gasteiger partial charge in [-0.2, -0.15) is 0 Å². The summed E-state index contributed by atoms with van der Waals surface area (Å²) in [6.45, 7) is 2.02.